The van der Waals surface area contributed by atoms with Crippen LogP contribution in [-0.2, 0) is 13.5 Å². The molecule has 0 saturated carbocycles. The van der Waals surface area contributed by atoms with Crippen molar-refractivity contribution in [3.05, 3.63) is 83.9 Å². The standard InChI is InChI=1S/C28H26FN2O/c1-17(2)14-21-15-19(8-11-24(21)29)20-9-12-25(31(4)16-20)26-18(3)7-10-22-23-6-5-13-30-28(23)32-27(22)26/h5-13,15-17H,14H2,1-4H3/q+1. The number of halogens is 1. The first kappa shape index (κ1) is 20.4. The molecule has 0 saturated heterocycles. The van der Waals surface area contributed by atoms with E-state index in [1.165, 1.54) is 0 Å². The van der Waals surface area contributed by atoms with Crippen LogP contribution in [0.25, 0.3) is 44.5 Å². The summed E-state index contributed by atoms with van der Waals surface area (Å²) in [6.07, 6.45) is 4.58. The molecule has 5 aromatic rings. The summed E-state index contributed by atoms with van der Waals surface area (Å²) in [6, 6.07) is 17.8. The van der Waals surface area contributed by atoms with Crippen molar-refractivity contribution >= 4 is 22.1 Å². The van der Waals surface area contributed by atoms with Gasteiger partial charge in [-0.05, 0) is 66.3 Å². The number of fused-ring (bicyclic) bond motifs is 3. The maximum atomic E-state index is 14.3. The lowest BCUT2D eigenvalue weighted by Crippen LogP contribution is -2.31. The molecule has 32 heavy (non-hydrogen) atoms. The third kappa shape index (κ3) is 3.46. The smallest absolute Gasteiger partial charge is 0.227 e. The van der Waals surface area contributed by atoms with Gasteiger partial charge in [0, 0.05) is 28.6 Å². The van der Waals surface area contributed by atoms with E-state index in [-0.39, 0.29) is 5.82 Å². The lowest BCUT2D eigenvalue weighted by Gasteiger charge is -2.10. The van der Waals surface area contributed by atoms with E-state index >= 15 is 0 Å². The van der Waals surface area contributed by atoms with Crippen molar-refractivity contribution in [2.24, 2.45) is 13.0 Å². The average Bonchev–Trinajstić information content (AvgIpc) is 3.14. The van der Waals surface area contributed by atoms with E-state index in [9.17, 15) is 4.39 Å². The summed E-state index contributed by atoms with van der Waals surface area (Å²) in [5.74, 6) is 0.268. The van der Waals surface area contributed by atoms with Gasteiger partial charge in [-0.1, -0.05) is 32.0 Å². The normalized spacial score (nSPS) is 11.7. The molecule has 0 fully saturated rings. The Bertz CT molecular complexity index is 1470. The Morgan fingerprint density at radius 2 is 1.81 bits per heavy atom. The molecule has 0 aliphatic rings. The highest BCUT2D eigenvalue weighted by molar-refractivity contribution is 6.08. The Hall–Kier alpha value is -3.53. The molecule has 0 radical (unpaired) electrons. The van der Waals surface area contributed by atoms with Gasteiger partial charge in [-0.15, -0.1) is 0 Å². The number of nitrogens with zero attached hydrogens (tertiary/aromatic N) is 2. The number of furan rings is 1. The highest BCUT2D eigenvalue weighted by Gasteiger charge is 2.21. The van der Waals surface area contributed by atoms with Crippen LogP contribution in [0.2, 0.25) is 0 Å². The van der Waals surface area contributed by atoms with E-state index in [1.54, 1.807) is 12.3 Å². The fourth-order valence-corrected chi connectivity index (χ4v) is 4.48. The maximum Gasteiger partial charge on any atom is 0.227 e. The van der Waals surface area contributed by atoms with Gasteiger partial charge >= 0.3 is 0 Å². The largest absolute Gasteiger partial charge is 0.437 e. The summed E-state index contributed by atoms with van der Waals surface area (Å²) in [5.41, 5.74) is 7.60. The number of aromatic nitrogens is 2. The monoisotopic (exact) mass is 425 g/mol. The van der Waals surface area contributed by atoms with Crippen LogP contribution in [0.1, 0.15) is 25.0 Å². The van der Waals surface area contributed by atoms with Crippen molar-refractivity contribution < 1.29 is 13.4 Å². The van der Waals surface area contributed by atoms with E-state index in [4.69, 9.17) is 4.42 Å². The summed E-state index contributed by atoms with van der Waals surface area (Å²) < 4.78 is 22.6. The minimum absolute atomic E-state index is 0.135. The summed E-state index contributed by atoms with van der Waals surface area (Å²) in [5, 5.41) is 2.08. The molecule has 0 unspecified atom stereocenters. The quantitative estimate of drug-likeness (QED) is 0.297. The Morgan fingerprint density at radius 3 is 2.59 bits per heavy atom. The van der Waals surface area contributed by atoms with Crippen molar-refractivity contribution in [1.82, 2.24) is 4.98 Å². The third-order valence-electron chi connectivity index (χ3n) is 6.02. The van der Waals surface area contributed by atoms with Crippen LogP contribution >= 0.6 is 0 Å². The molecular weight excluding hydrogens is 399 g/mol. The van der Waals surface area contributed by atoms with Crippen LogP contribution < -0.4 is 4.57 Å². The fourth-order valence-electron chi connectivity index (χ4n) is 4.48. The van der Waals surface area contributed by atoms with E-state index in [1.807, 2.05) is 31.3 Å². The molecule has 0 spiro atoms. The van der Waals surface area contributed by atoms with Crippen LogP contribution in [-0.4, -0.2) is 4.98 Å². The zero-order valence-electron chi connectivity index (χ0n) is 18.8. The van der Waals surface area contributed by atoms with Gasteiger partial charge in [0.1, 0.15) is 12.9 Å². The Morgan fingerprint density at radius 1 is 1.00 bits per heavy atom. The second-order valence-electron chi connectivity index (χ2n) is 8.91. The van der Waals surface area contributed by atoms with Gasteiger partial charge in [-0.3, -0.25) is 0 Å². The highest BCUT2D eigenvalue weighted by atomic mass is 19.1. The molecule has 0 N–H and O–H groups in total. The average molecular weight is 426 g/mol. The molecule has 0 atom stereocenters. The van der Waals surface area contributed by atoms with Crippen molar-refractivity contribution in [3.8, 4) is 22.4 Å². The predicted octanol–water partition coefficient (Wildman–Crippen LogP) is 6.79. The first-order valence-electron chi connectivity index (χ1n) is 11.0. The number of hydrogen-bond donors (Lipinski definition) is 0. The van der Waals surface area contributed by atoms with Crippen LogP contribution in [0, 0.1) is 18.7 Å². The molecule has 0 aliphatic carbocycles. The van der Waals surface area contributed by atoms with Gasteiger partial charge < -0.3 is 4.42 Å². The molecule has 3 nitrogen and oxygen atoms in total. The van der Waals surface area contributed by atoms with Gasteiger partial charge in [0.2, 0.25) is 11.4 Å². The van der Waals surface area contributed by atoms with E-state index in [2.05, 4.69) is 60.8 Å². The molecule has 0 bridgehead atoms. The van der Waals surface area contributed by atoms with Crippen LogP contribution in [0.4, 0.5) is 4.39 Å². The Labute approximate surface area is 187 Å². The van der Waals surface area contributed by atoms with Crippen molar-refractivity contribution in [3.63, 3.8) is 0 Å². The van der Waals surface area contributed by atoms with Crippen molar-refractivity contribution in [2.45, 2.75) is 27.2 Å². The number of rotatable bonds is 4. The molecule has 3 heterocycles. The van der Waals surface area contributed by atoms with E-state index in [0.717, 1.165) is 56.3 Å². The van der Waals surface area contributed by atoms with E-state index < -0.39 is 0 Å². The van der Waals surface area contributed by atoms with Crippen molar-refractivity contribution in [2.75, 3.05) is 0 Å². The Kier molecular flexibility index (Phi) is 5.01. The molecular formula is C28H26FN2O+. The van der Waals surface area contributed by atoms with Crippen molar-refractivity contribution in [1.29, 1.82) is 0 Å². The van der Waals surface area contributed by atoms with Gasteiger partial charge in [-0.2, -0.15) is 0 Å². The molecule has 0 aliphatic heterocycles. The minimum Gasteiger partial charge on any atom is -0.437 e. The molecule has 0 amide bonds. The number of pyridine rings is 2. The highest BCUT2D eigenvalue weighted by Crippen LogP contribution is 2.36. The minimum atomic E-state index is -0.135. The lowest BCUT2D eigenvalue weighted by atomic mass is 9.97. The van der Waals surface area contributed by atoms with Gasteiger partial charge in [-0.25, -0.2) is 13.9 Å². The fraction of sp³-hybridized carbons (Fsp3) is 0.214. The number of benzene rings is 2. The second kappa shape index (κ2) is 7.86. The van der Waals surface area contributed by atoms with Gasteiger partial charge in [0.25, 0.3) is 0 Å². The number of aryl methyl sites for hydroxylation is 2. The first-order chi connectivity index (χ1) is 15.4. The summed E-state index contributed by atoms with van der Waals surface area (Å²) in [6.45, 7) is 6.32. The van der Waals surface area contributed by atoms with Gasteiger partial charge in [0.15, 0.2) is 11.8 Å². The summed E-state index contributed by atoms with van der Waals surface area (Å²) in [7, 11) is 2.04. The zero-order valence-corrected chi connectivity index (χ0v) is 18.8. The van der Waals surface area contributed by atoms with Gasteiger partial charge in [0.05, 0.1) is 5.56 Å². The predicted molar refractivity (Wildman–Crippen MR) is 127 cm³/mol. The maximum absolute atomic E-state index is 14.3. The molecule has 2 aromatic carbocycles. The SMILES string of the molecule is Cc1ccc2c(oc3ncccc32)c1-c1ccc(-c2ccc(F)c(CC(C)C)c2)c[n+]1C. The third-order valence-corrected chi connectivity index (χ3v) is 6.02. The van der Waals surface area contributed by atoms with Crippen LogP contribution in [0.15, 0.2) is 71.4 Å². The van der Waals surface area contributed by atoms with Crippen LogP contribution in [0.5, 0.6) is 0 Å². The molecule has 160 valence electrons. The second-order valence-corrected chi connectivity index (χ2v) is 8.91. The molecule has 4 heteroatoms. The number of hydrogen-bond acceptors (Lipinski definition) is 2. The van der Waals surface area contributed by atoms with E-state index in [0.29, 0.717) is 11.6 Å². The topological polar surface area (TPSA) is 29.9 Å². The lowest BCUT2D eigenvalue weighted by molar-refractivity contribution is -0.659. The van der Waals surface area contributed by atoms with Crippen LogP contribution in [0.3, 0.4) is 0 Å². The Balaban J connectivity index is 1.63. The summed E-state index contributed by atoms with van der Waals surface area (Å²) >= 11 is 0. The summed E-state index contributed by atoms with van der Waals surface area (Å²) in [4.78, 5) is 4.39. The zero-order chi connectivity index (χ0) is 22.4. The molecule has 5 rings (SSSR count). The first-order valence-corrected chi connectivity index (χ1v) is 11.0. The molecule has 3 aromatic heterocycles.